The smallest absolute Gasteiger partial charge is 0.223 e. The number of carbonyl (C=O) groups excluding carboxylic acids is 1. The van der Waals surface area contributed by atoms with E-state index in [1.165, 1.54) is 11.3 Å². The molecule has 0 saturated carbocycles. The third-order valence-electron chi connectivity index (χ3n) is 7.03. The molecule has 0 bridgehead atoms. The predicted octanol–water partition coefficient (Wildman–Crippen LogP) is 2.57. The summed E-state index contributed by atoms with van der Waals surface area (Å²) in [5.41, 5.74) is 2.41. The quantitative estimate of drug-likeness (QED) is 0.545. The monoisotopic (exact) mass is 482 g/mol. The van der Waals surface area contributed by atoms with Crippen LogP contribution in [0.25, 0.3) is 0 Å². The molecule has 2 aliphatic heterocycles. The number of rotatable bonds is 9. The largest absolute Gasteiger partial charge is 0.497 e. The van der Waals surface area contributed by atoms with E-state index in [9.17, 15) is 4.79 Å². The van der Waals surface area contributed by atoms with Gasteiger partial charge < -0.3 is 28.9 Å². The Bertz CT molecular complexity index is 952. The molecule has 8 nitrogen and oxygen atoms in total. The van der Waals surface area contributed by atoms with Crippen LogP contribution in [0.5, 0.6) is 17.2 Å². The first-order valence-electron chi connectivity index (χ1n) is 12.4. The van der Waals surface area contributed by atoms with Gasteiger partial charge in [0.2, 0.25) is 5.91 Å². The average molecular weight is 483 g/mol. The highest BCUT2D eigenvalue weighted by Gasteiger charge is 2.23. The number of anilines is 1. The lowest BCUT2D eigenvalue weighted by Gasteiger charge is -2.37. The van der Waals surface area contributed by atoms with Gasteiger partial charge in [-0.25, -0.2) is 0 Å². The van der Waals surface area contributed by atoms with Crippen molar-refractivity contribution >= 4 is 11.6 Å². The van der Waals surface area contributed by atoms with Crippen LogP contribution in [0.1, 0.15) is 12.0 Å². The molecule has 190 valence electrons. The molecule has 0 spiro atoms. The van der Waals surface area contributed by atoms with Crippen molar-refractivity contribution in [3.63, 3.8) is 0 Å². The van der Waals surface area contributed by atoms with Crippen LogP contribution in [0, 0.1) is 0 Å². The topological polar surface area (TPSA) is 57.7 Å². The summed E-state index contributed by atoms with van der Waals surface area (Å²) in [5, 5.41) is 0. The maximum absolute atomic E-state index is 12.8. The van der Waals surface area contributed by atoms with Gasteiger partial charge in [-0.05, 0) is 42.0 Å². The average Bonchev–Trinajstić information content (AvgIpc) is 2.92. The number of hydrogen-bond donors (Lipinski definition) is 0. The lowest BCUT2D eigenvalue weighted by Crippen LogP contribution is -2.50. The van der Waals surface area contributed by atoms with Gasteiger partial charge in [0.05, 0.1) is 21.3 Å². The molecule has 2 heterocycles. The summed E-state index contributed by atoms with van der Waals surface area (Å²) in [7, 11) is 5.01. The van der Waals surface area contributed by atoms with Gasteiger partial charge >= 0.3 is 0 Å². The Balaban J connectivity index is 1.16. The van der Waals surface area contributed by atoms with E-state index >= 15 is 0 Å². The van der Waals surface area contributed by atoms with Crippen molar-refractivity contribution in [2.24, 2.45) is 0 Å². The third kappa shape index (κ3) is 6.58. The van der Waals surface area contributed by atoms with Gasteiger partial charge in [0.15, 0.2) is 11.5 Å². The standard InChI is InChI=1S/C27H38N4O4/c1-33-24-7-5-23(6-8-24)30-16-18-31(19-17-30)27(32)10-11-28-12-14-29(15-13-28)21-22-4-9-25(34-2)26(20-22)35-3/h4-9,20H,10-19,21H2,1-3H3. The molecule has 0 N–H and O–H groups in total. The maximum atomic E-state index is 12.8. The molecule has 2 aromatic carbocycles. The zero-order chi connectivity index (χ0) is 24.6. The maximum Gasteiger partial charge on any atom is 0.223 e. The lowest BCUT2D eigenvalue weighted by molar-refractivity contribution is -0.131. The molecular formula is C27H38N4O4. The van der Waals surface area contributed by atoms with Crippen LogP contribution in [0.15, 0.2) is 42.5 Å². The van der Waals surface area contributed by atoms with Crippen LogP contribution < -0.4 is 19.1 Å². The second kappa shape index (κ2) is 12.1. The van der Waals surface area contributed by atoms with Crippen LogP contribution in [0.2, 0.25) is 0 Å². The Kier molecular flexibility index (Phi) is 8.71. The summed E-state index contributed by atoms with van der Waals surface area (Å²) in [6.07, 6.45) is 0.595. The highest BCUT2D eigenvalue weighted by molar-refractivity contribution is 5.76. The first kappa shape index (κ1) is 25.1. The Morgan fingerprint density at radius 2 is 1.40 bits per heavy atom. The normalized spacial score (nSPS) is 17.3. The minimum absolute atomic E-state index is 0.270. The molecular weight excluding hydrogens is 444 g/mol. The third-order valence-corrected chi connectivity index (χ3v) is 7.03. The van der Waals surface area contributed by atoms with Crippen molar-refractivity contribution in [2.75, 3.05) is 85.1 Å². The summed E-state index contributed by atoms with van der Waals surface area (Å²) >= 11 is 0. The van der Waals surface area contributed by atoms with E-state index < -0.39 is 0 Å². The number of nitrogens with zero attached hydrogens (tertiary/aromatic N) is 4. The van der Waals surface area contributed by atoms with E-state index in [1.54, 1.807) is 21.3 Å². The number of ether oxygens (including phenoxy) is 3. The number of hydrogen-bond acceptors (Lipinski definition) is 7. The first-order chi connectivity index (χ1) is 17.1. The van der Waals surface area contributed by atoms with Crippen LogP contribution >= 0.6 is 0 Å². The van der Waals surface area contributed by atoms with E-state index in [-0.39, 0.29) is 5.91 Å². The first-order valence-corrected chi connectivity index (χ1v) is 12.4. The zero-order valence-corrected chi connectivity index (χ0v) is 21.2. The van der Waals surface area contributed by atoms with Crippen molar-refractivity contribution in [1.29, 1.82) is 0 Å². The van der Waals surface area contributed by atoms with Gasteiger partial charge in [-0.1, -0.05) is 6.07 Å². The number of amides is 1. The zero-order valence-electron chi connectivity index (χ0n) is 21.2. The molecule has 35 heavy (non-hydrogen) atoms. The highest BCUT2D eigenvalue weighted by atomic mass is 16.5. The molecule has 0 aliphatic carbocycles. The Morgan fingerprint density at radius 1 is 0.743 bits per heavy atom. The fourth-order valence-electron chi connectivity index (χ4n) is 4.83. The van der Waals surface area contributed by atoms with Crippen molar-refractivity contribution < 1.29 is 19.0 Å². The predicted molar refractivity (Wildman–Crippen MR) is 138 cm³/mol. The van der Waals surface area contributed by atoms with E-state index in [0.717, 1.165) is 82.7 Å². The van der Waals surface area contributed by atoms with Crippen molar-refractivity contribution in [1.82, 2.24) is 14.7 Å². The Morgan fingerprint density at radius 3 is 2.03 bits per heavy atom. The van der Waals surface area contributed by atoms with Crippen LogP contribution in [0.4, 0.5) is 5.69 Å². The molecule has 0 unspecified atom stereocenters. The molecule has 2 aliphatic rings. The van der Waals surface area contributed by atoms with Gasteiger partial charge in [-0.3, -0.25) is 9.69 Å². The number of methoxy groups -OCH3 is 3. The van der Waals surface area contributed by atoms with Crippen LogP contribution in [-0.2, 0) is 11.3 Å². The lowest BCUT2D eigenvalue weighted by atomic mass is 10.1. The fourth-order valence-corrected chi connectivity index (χ4v) is 4.83. The van der Waals surface area contributed by atoms with Crippen LogP contribution in [-0.4, -0.2) is 101 Å². The number of benzene rings is 2. The second-order valence-corrected chi connectivity index (χ2v) is 9.12. The summed E-state index contributed by atoms with van der Waals surface area (Å²) in [4.78, 5) is 22.0. The Labute approximate surface area is 208 Å². The van der Waals surface area contributed by atoms with Crippen molar-refractivity contribution in [2.45, 2.75) is 13.0 Å². The molecule has 2 saturated heterocycles. The molecule has 2 aromatic rings. The summed E-state index contributed by atoms with van der Waals surface area (Å²) in [6, 6.07) is 14.3. The molecule has 2 fully saturated rings. The molecule has 0 atom stereocenters. The Hall–Kier alpha value is -2.97. The minimum atomic E-state index is 0.270. The van der Waals surface area contributed by atoms with Gasteiger partial charge in [0.1, 0.15) is 5.75 Å². The fraction of sp³-hybridized carbons (Fsp3) is 0.519. The van der Waals surface area contributed by atoms with Crippen molar-refractivity contribution in [3.05, 3.63) is 48.0 Å². The van der Waals surface area contributed by atoms with Gasteiger partial charge in [-0.15, -0.1) is 0 Å². The van der Waals surface area contributed by atoms with E-state index in [0.29, 0.717) is 6.42 Å². The summed E-state index contributed by atoms with van der Waals surface area (Å²) in [5.74, 6) is 2.66. The van der Waals surface area contributed by atoms with Crippen molar-refractivity contribution in [3.8, 4) is 17.2 Å². The van der Waals surface area contributed by atoms with Gasteiger partial charge in [0.25, 0.3) is 0 Å². The van der Waals surface area contributed by atoms with Crippen LogP contribution in [0.3, 0.4) is 0 Å². The van der Waals surface area contributed by atoms with Gasteiger partial charge in [-0.2, -0.15) is 0 Å². The number of carbonyl (C=O) groups is 1. The SMILES string of the molecule is COc1ccc(N2CCN(C(=O)CCN3CCN(Cc4ccc(OC)c(OC)c4)CC3)CC2)cc1. The molecule has 0 radical (unpaired) electrons. The van der Waals surface area contributed by atoms with Gasteiger partial charge in [0, 0.05) is 77.6 Å². The van der Waals surface area contributed by atoms with E-state index in [4.69, 9.17) is 14.2 Å². The second-order valence-electron chi connectivity index (χ2n) is 9.12. The molecule has 1 amide bonds. The molecule has 0 aromatic heterocycles. The molecule has 4 rings (SSSR count). The highest BCUT2D eigenvalue weighted by Crippen LogP contribution is 2.28. The molecule has 8 heteroatoms. The summed E-state index contributed by atoms with van der Waals surface area (Å²) in [6.45, 7) is 9.02. The van der Waals surface area contributed by atoms with E-state index in [2.05, 4.69) is 39.0 Å². The minimum Gasteiger partial charge on any atom is -0.497 e. The van der Waals surface area contributed by atoms with E-state index in [1.807, 2.05) is 23.1 Å². The number of piperazine rings is 2. The summed E-state index contributed by atoms with van der Waals surface area (Å²) < 4.78 is 16.0.